The van der Waals surface area contributed by atoms with Crippen LogP contribution in [0.5, 0.6) is 0 Å². The number of rotatable bonds is 8. The van der Waals surface area contributed by atoms with E-state index in [0.29, 0.717) is 25.1 Å². The molecule has 0 atom stereocenters. The Bertz CT molecular complexity index is 396. The number of unbranched alkanes of at least 4 members (excludes halogenated alkanes) is 2. The van der Waals surface area contributed by atoms with Crippen LogP contribution < -0.4 is 10.6 Å². The summed E-state index contributed by atoms with van der Waals surface area (Å²) in [7, 11) is 0. The fraction of sp³-hybridized carbons (Fsp3) is 0.625. The van der Waals surface area contributed by atoms with Crippen LogP contribution in [0.15, 0.2) is 12.1 Å². The summed E-state index contributed by atoms with van der Waals surface area (Å²) in [6.45, 7) is 7.10. The van der Waals surface area contributed by atoms with Gasteiger partial charge in [0.2, 0.25) is 0 Å². The van der Waals surface area contributed by atoms with Gasteiger partial charge in [0.25, 0.3) is 0 Å². The van der Waals surface area contributed by atoms with Gasteiger partial charge in [-0.15, -0.1) is 0 Å². The van der Waals surface area contributed by atoms with E-state index in [2.05, 4.69) is 6.92 Å². The minimum Gasteiger partial charge on any atom is -0.364 e. The summed E-state index contributed by atoms with van der Waals surface area (Å²) in [4.78, 5) is 1.81. The zero-order valence-corrected chi connectivity index (χ0v) is 12.8. The quantitative estimate of drug-likeness (QED) is 0.734. The molecule has 0 amide bonds. The van der Waals surface area contributed by atoms with E-state index < -0.39 is 11.6 Å². The largest absolute Gasteiger partial charge is 0.364 e. The summed E-state index contributed by atoms with van der Waals surface area (Å²) in [6.07, 6.45) is 3.59. The molecule has 0 unspecified atom stereocenters. The molecular formula is C16H26F2N2. The zero-order chi connectivity index (χ0) is 15.1. The number of benzene rings is 1. The summed E-state index contributed by atoms with van der Waals surface area (Å²) in [5.74, 6) is -0.975. The first-order valence-electron chi connectivity index (χ1n) is 7.45. The van der Waals surface area contributed by atoms with Gasteiger partial charge in [0.15, 0.2) is 0 Å². The second kappa shape index (κ2) is 8.20. The van der Waals surface area contributed by atoms with E-state index in [9.17, 15) is 8.78 Å². The lowest BCUT2D eigenvalue weighted by Gasteiger charge is -2.30. The van der Waals surface area contributed by atoms with Crippen LogP contribution in [0.4, 0.5) is 14.5 Å². The van der Waals surface area contributed by atoms with E-state index >= 15 is 0 Å². The molecule has 0 fully saturated rings. The first-order valence-corrected chi connectivity index (χ1v) is 7.45. The van der Waals surface area contributed by atoms with Crippen molar-refractivity contribution in [3.63, 3.8) is 0 Å². The lowest BCUT2D eigenvalue weighted by molar-refractivity contribution is 0.543. The van der Waals surface area contributed by atoms with Crippen LogP contribution in [0.1, 0.15) is 45.6 Å². The van der Waals surface area contributed by atoms with Gasteiger partial charge in [0.1, 0.15) is 17.3 Å². The van der Waals surface area contributed by atoms with Crippen molar-refractivity contribution in [2.75, 3.05) is 18.0 Å². The van der Waals surface area contributed by atoms with Crippen LogP contribution in [0, 0.1) is 11.6 Å². The van der Waals surface area contributed by atoms with Gasteiger partial charge in [0, 0.05) is 12.6 Å². The van der Waals surface area contributed by atoms with Crippen molar-refractivity contribution in [2.45, 2.75) is 52.5 Å². The number of hydrogen-bond donors (Lipinski definition) is 1. The van der Waals surface area contributed by atoms with Crippen molar-refractivity contribution in [1.82, 2.24) is 0 Å². The highest BCUT2D eigenvalue weighted by atomic mass is 19.1. The average Bonchev–Trinajstić information content (AvgIpc) is 2.36. The van der Waals surface area contributed by atoms with Gasteiger partial charge < -0.3 is 10.6 Å². The Kier molecular flexibility index (Phi) is 6.93. The molecule has 0 aromatic heterocycles. The Balaban J connectivity index is 3.00. The van der Waals surface area contributed by atoms with Crippen molar-refractivity contribution < 1.29 is 8.78 Å². The minimum atomic E-state index is -0.487. The molecule has 114 valence electrons. The molecule has 0 radical (unpaired) electrons. The molecule has 4 heteroatoms. The highest BCUT2D eigenvalue weighted by molar-refractivity contribution is 5.51. The molecule has 20 heavy (non-hydrogen) atoms. The number of anilines is 1. The first kappa shape index (κ1) is 16.9. The fourth-order valence-electron chi connectivity index (χ4n) is 2.36. The minimum absolute atomic E-state index is 0.0659. The highest BCUT2D eigenvalue weighted by Crippen LogP contribution is 2.27. The van der Waals surface area contributed by atoms with E-state index in [-0.39, 0.29) is 11.7 Å². The first-order chi connectivity index (χ1) is 9.51. The molecule has 1 aromatic carbocycles. The molecule has 1 aromatic rings. The molecule has 0 saturated carbocycles. The molecule has 2 N–H and O–H groups in total. The molecular weight excluding hydrogens is 258 g/mol. The normalized spacial score (nSPS) is 11.2. The van der Waals surface area contributed by atoms with E-state index in [1.807, 2.05) is 18.7 Å². The molecule has 0 saturated heterocycles. The molecule has 0 aliphatic rings. The van der Waals surface area contributed by atoms with Gasteiger partial charge in [-0.05, 0) is 50.9 Å². The van der Waals surface area contributed by atoms with E-state index in [4.69, 9.17) is 5.73 Å². The van der Waals surface area contributed by atoms with Gasteiger partial charge in [-0.3, -0.25) is 0 Å². The Morgan fingerprint density at radius 1 is 1.15 bits per heavy atom. The monoisotopic (exact) mass is 284 g/mol. The lowest BCUT2D eigenvalue weighted by atomic mass is 10.1. The van der Waals surface area contributed by atoms with Gasteiger partial charge in [-0.1, -0.05) is 19.8 Å². The predicted molar refractivity (Wildman–Crippen MR) is 81.1 cm³/mol. The Labute approximate surface area is 121 Å². The molecule has 2 nitrogen and oxygen atoms in total. The van der Waals surface area contributed by atoms with Crippen molar-refractivity contribution in [2.24, 2.45) is 5.73 Å². The van der Waals surface area contributed by atoms with Gasteiger partial charge in [0.05, 0.1) is 0 Å². The van der Waals surface area contributed by atoms with Crippen molar-refractivity contribution in [1.29, 1.82) is 0 Å². The lowest BCUT2D eigenvalue weighted by Crippen LogP contribution is -2.33. The molecule has 0 spiro atoms. The van der Waals surface area contributed by atoms with Crippen LogP contribution >= 0.6 is 0 Å². The SMILES string of the molecule is CCCCCN(c1c(F)cc(CCN)cc1F)C(C)C. The second-order valence-corrected chi connectivity index (χ2v) is 5.44. The summed E-state index contributed by atoms with van der Waals surface area (Å²) < 4.78 is 28.5. The van der Waals surface area contributed by atoms with E-state index in [1.165, 1.54) is 12.1 Å². The third-order valence-electron chi connectivity index (χ3n) is 3.42. The summed E-state index contributed by atoms with van der Waals surface area (Å²) in [5.41, 5.74) is 6.14. The molecule has 0 aliphatic heterocycles. The average molecular weight is 284 g/mol. The maximum Gasteiger partial charge on any atom is 0.149 e. The van der Waals surface area contributed by atoms with E-state index in [1.54, 1.807) is 0 Å². The maximum atomic E-state index is 14.2. The molecule has 0 heterocycles. The third kappa shape index (κ3) is 4.44. The molecule has 0 bridgehead atoms. The predicted octanol–water partition coefficient (Wildman–Crippen LogP) is 3.87. The highest BCUT2D eigenvalue weighted by Gasteiger charge is 2.20. The van der Waals surface area contributed by atoms with Crippen molar-refractivity contribution in [3.8, 4) is 0 Å². The fourth-order valence-corrected chi connectivity index (χ4v) is 2.36. The Morgan fingerprint density at radius 2 is 1.75 bits per heavy atom. The summed E-state index contributed by atoms with van der Waals surface area (Å²) in [5, 5.41) is 0. The smallest absolute Gasteiger partial charge is 0.149 e. The van der Waals surface area contributed by atoms with Crippen LogP contribution in [0.3, 0.4) is 0 Å². The van der Waals surface area contributed by atoms with Gasteiger partial charge in [-0.25, -0.2) is 8.78 Å². The van der Waals surface area contributed by atoms with Crippen LogP contribution in [-0.2, 0) is 6.42 Å². The number of hydrogen-bond acceptors (Lipinski definition) is 2. The number of nitrogens with two attached hydrogens (primary N) is 1. The number of nitrogens with zero attached hydrogens (tertiary/aromatic N) is 1. The molecule has 1 rings (SSSR count). The topological polar surface area (TPSA) is 29.3 Å². The number of halogens is 2. The summed E-state index contributed by atoms with van der Waals surface area (Å²) in [6, 6.07) is 2.87. The zero-order valence-electron chi connectivity index (χ0n) is 12.8. The van der Waals surface area contributed by atoms with Crippen LogP contribution in [-0.4, -0.2) is 19.1 Å². The van der Waals surface area contributed by atoms with Gasteiger partial charge in [-0.2, -0.15) is 0 Å². The Morgan fingerprint density at radius 3 is 2.20 bits per heavy atom. The van der Waals surface area contributed by atoms with Crippen molar-refractivity contribution in [3.05, 3.63) is 29.3 Å². The van der Waals surface area contributed by atoms with E-state index in [0.717, 1.165) is 19.3 Å². The second-order valence-electron chi connectivity index (χ2n) is 5.44. The Hall–Kier alpha value is -1.16. The van der Waals surface area contributed by atoms with Crippen molar-refractivity contribution >= 4 is 5.69 Å². The molecule has 0 aliphatic carbocycles. The standard InChI is InChI=1S/C16H26F2N2/c1-4-5-6-9-20(12(2)3)16-14(17)10-13(7-8-19)11-15(16)18/h10-12H,4-9,19H2,1-3H3. The third-order valence-corrected chi connectivity index (χ3v) is 3.42. The summed E-state index contributed by atoms with van der Waals surface area (Å²) >= 11 is 0. The van der Waals surface area contributed by atoms with Gasteiger partial charge >= 0.3 is 0 Å². The van der Waals surface area contributed by atoms with Crippen LogP contribution in [0.2, 0.25) is 0 Å². The maximum absolute atomic E-state index is 14.2. The van der Waals surface area contributed by atoms with Crippen LogP contribution in [0.25, 0.3) is 0 Å².